The van der Waals surface area contributed by atoms with Crippen molar-refractivity contribution in [2.75, 3.05) is 13.7 Å². The van der Waals surface area contributed by atoms with Crippen molar-refractivity contribution >= 4 is 44.9 Å². The molecule has 6 rings (SSSR count). The average molecular weight is 839 g/mol. The summed E-state index contributed by atoms with van der Waals surface area (Å²) in [4.78, 5) is 66.6. The highest BCUT2D eigenvalue weighted by Crippen LogP contribution is 2.49. The molecule has 2 saturated carbocycles. The Hall–Kier alpha value is -4.42. The molecule has 58 heavy (non-hydrogen) atoms. The molecule has 0 unspecified atom stereocenters. The maximum absolute atomic E-state index is 14.8. The second-order valence-corrected chi connectivity index (χ2v) is 19.3. The number of methoxy groups -OCH3 is 1. The van der Waals surface area contributed by atoms with Crippen LogP contribution < -0.4 is 24.8 Å². The Bertz CT molecular complexity index is 2030. The van der Waals surface area contributed by atoms with Gasteiger partial charge in [-0.05, 0) is 82.8 Å². The van der Waals surface area contributed by atoms with Crippen molar-refractivity contribution in [2.24, 2.45) is 17.8 Å². The van der Waals surface area contributed by atoms with E-state index in [1.54, 1.807) is 32.0 Å². The number of sulfonamides is 1. The molecule has 2 aromatic rings. The molecule has 0 spiro atoms. The van der Waals surface area contributed by atoms with Crippen molar-refractivity contribution in [1.29, 1.82) is 0 Å². The van der Waals surface area contributed by atoms with Crippen molar-refractivity contribution in [3.8, 4) is 11.6 Å². The van der Waals surface area contributed by atoms with Crippen molar-refractivity contribution < 1.29 is 55.0 Å². The number of halogens is 3. The van der Waals surface area contributed by atoms with Crippen LogP contribution in [0.15, 0.2) is 24.4 Å². The van der Waals surface area contributed by atoms with E-state index in [0.29, 0.717) is 75.6 Å². The first-order chi connectivity index (χ1) is 27.1. The highest BCUT2D eigenvalue weighted by molar-refractivity contribution is 7.91. The molecule has 0 radical (unpaired) electrons. The molecule has 2 aliphatic carbocycles. The van der Waals surface area contributed by atoms with Gasteiger partial charge in [-0.3, -0.25) is 19.1 Å². The van der Waals surface area contributed by atoms with E-state index in [1.165, 1.54) is 18.2 Å². The second kappa shape index (κ2) is 16.0. The third-order valence-corrected chi connectivity index (χ3v) is 14.5. The van der Waals surface area contributed by atoms with Crippen LogP contribution in [0.3, 0.4) is 0 Å². The first kappa shape index (κ1) is 43.2. The number of nitrogens with one attached hydrogen (secondary N) is 3. The number of carbonyl (C=O) groups is 4. The van der Waals surface area contributed by atoms with Gasteiger partial charge in [-0.1, -0.05) is 39.5 Å². The summed E-state index contributed by atoms with van der Waals surface area (Å²) in [6, 6.07) is 2.38. The van der Waals surface area contributed by atoms with E-state index in [-0.39, 0.29) is 37.1 Å². The highest BCUT2D eigenvalue weighted by Gasteiger charge is 2.63. The minimum atomic E-state index is -4.91. The molecule has 7 atom stereocenters. The Kier molecular flexibility index (Phi) is 11.9. The summed E-state index contributed by atoms with van der Waals surface area (Å²) in [6.07, 6.45) is -1.60. The monoisotopic (exact) mass is 838 g/mol. The molecule has 2 saturated heterocycles. The number of hydrogen-bond acceptors (Lipinski definition) is 11. The summed E-state index contributed by atoms with van der Waals surface area (Å²) in [5, 5.41) is 5.27. The standard InChI is InChI=1S/C39H53F3N6O9S/c1-7-23-16-22(2)10-8-9-11-24-19-38(24,34(51)47-58(53,54)37(5)14-15-37)46-32(49)29-18-26(56-30-20-43-27-13-12-25(55-6)17-28(27)44-30)21-48(29)33(50)31(23)45-35(52)57-36(3,4)39(40,41)42/h12-13,17,20,22-24,26,29,31H,7-11,14-16,18-19,21H2,1-6H3,(H,45,52)(H,46,49)(H,47,51)/t22-,23-,24-,26-,29+,31+,38-/m1/s1. The van der Waals surface area contributed by atoms with Gasteiger partial charge in [-0.2, -0.15) is 13.2 Å². The molecule has 15 nitrogen and oxygen atoms in total. The van der Waals surface area contributed by atoms with Gasteiger partial charge in [0.15, 0.2) is 0 Å². The lowest BCUT2D eigenvalue weighted by atomic mass is 9.84. The van der Waals surface area contributed by atoms with E-state index in [1.807, 2.05) is 6.92 Å². The average Bonchev–Trinajstić information content (AvgIpc) is 4.03. The van der Waals surface area contributed by atoms with Crippen LogP contribution in [0, 0.1) is 17.8 Å². The Balaban J connectivity index is 1.34. The number of carbonyl (C=O) groups excluding carboxylic acids is 4. The fourth-order valence-corrected chi connectivity index (χ4v) is 9.33. The van der Waals surface area contributed by atoms with Crippen LogP contribution in [0.1, 0.15) is 98.8 Å². The number of benzene rings is 1. The smallest absolute Gasteiger partial charge is 0.427 e. The fraction of sp³-hybridized carbons (Fsp3) is 0.692. The summed E-state index contributed by atoms with van der Waals surface area (Å²) < 4.78 is 85.2. The Morgan fingerprint density at radius 1 is 1.09 bits per heavy atom. The number of fused-ring (bicyclic) bond motifs is 3. The summed E-state index contributed by atoms with van der Waals surface area (Å²) >= 11 is 0. The van der Waals surface area contributed by atoms with E-state index in [0.717, 1.165) is 6.42 Å². The first-order valence-corrected chi connectivity index (χ1v) is 21.3. The van der Waals surface area contributed by atoms with Crippen LogP contribution in [-0.2, 0) is 29.1 Å². The lowest BCUT2D eigenvalue weighted by Gasteiger charge is -2.35. The number of rotatable bonds is 9. The van der Waals surface area contributed by atoms with E-state index >= 15 is 0 Å². The number of ether oxygens (including phenoxy) is 3. The van der Waals surface area contributed by atoms with Crippen LogP contribution in [0.4, 0.5) is 18.0 Å². The van der Waals surface area contributed by atoms with Gasteiger partial charge in [-0.25, -0.2) is 23.2 Å². The van der Waals surface area contributed by atoms with Crippen molar-refractivity contribution in [1.82, 2.24) is 30.2 Å². The van der Waals surface area contributed by atoms with Crippen LogP contribution in [0.2, 0.25) is 0 Å². The molecule has 1 aromatic carbocycles. The van der Waals surface area contributed by atoms with E-state index < -0.39 is 80.0 Å². The Labute approximate surface area is 335 Å². The van der Waals surface area contributed by atoms with Gasteiger partial charge in [0.2, 0.25) is 33.3 Å². The molecule has 4 aliphatic rings. The number of amides is 4. The van der Waals surface area contributed by atoms with Crippen molar-refractivity contribution in [2.45, 2.75) is 139 Å². The number of nitrogens with zero attached hydrogens (tertiary/aromatic N) is 3. The molecule has 19 heteroatoms. The van der Waals surface area contributed by atoms with Gasteiger partial charge < -0.3 is 29.7 Å². The quantitative estimate of drug-likeness (QED) is 0.310. The summed E-state index contributed by atoms with van der Waals surface area (Å²) in [5.74, 6) is -2.68. The maximum atomic E-state index is 14.8. The minimum Gasteiger partial charge on any atom is -0.497 e. The highest BCUT2D eigenvalue weighted by atomic mass is 32.2. The van der Waals surface area contributed by atoms with Crippen LogP contribution in [0.5, 0.6) is 11.6 Å². The van der Waals surface area contributed by atoms with E-state index in [2.05, 4.69) is 25.3 Å². The summed E-state index contributed by atoms with van der Waals surface area (Å²) in [6.45, 7) is 6.53. The first-order valence-electron chi connectivity index (χ1n) is 19.8. The molecule has 4 amide bonds. The Morgan fingerprint density at radius 2 is 1.79 bits per heavy atom. The van der Waals surface area contributed by atoms with Gasteiger partial charge in [-0.15, -0.1) is 0 Å². The topological polar surface area (TPSA) is 195 Å². The minimum absolute atomic E-state index is 0.0156. The Morgan fingerprint density at radius 3 is 2.45 bits per heavy atom. The molecule has 4 fully saturated rings. The van der Waals surface area contributed by atoms with Gasteiger partial charge in [0.25, 0.3) is 5.91 Å². The third kappa shape index (κ3) is 8.93. The molecular weight excluding hydrogens is 786 g/mol. The van der Waals surface area contributed by atoms with Crippen LogP contribution in [0.25, 0.3) is 11.0 Å². The van der Waals surface area contributed by atoms with Crippen LogP contribution in [-0.4, -0.2) is 101 Å². The molecular formula is C39H53F3N6O9S. The van der Waals surface area contributed by atoms with Crippen molar-refractivity contribution in [3.63, 3.8) is 0 Å². The fourth-order valence-electron chi connectivity index (χ4n) is 8.02. The van der Waals surface area contributed by atoms with Gasteiger partial charge in [0, 0.05) is 12.5 Å². The van der Waals surface area contributed by atoms with Crippen molar-refractivity contribution in [3.05, 3.63) is 24.4 Å². The van der Waals surface area contributed by atoms with Gasteiger partial charge in [0.05, 0.1) is 35.6 Å². The molecule has 3 N–H and O–H groups in total. The lowest BCUT2D eigenvalue weighted by molar-refractivity contribution is -0.244. The molecule has 0 bridgehead atoms. The number of hydrogen-bond donors (Lipinski definition) is 3. The molecule has 3 heterocycles. The zero-order valence-corrected chi connectivity index (χ0v) is 34.4. The number of alkyl halides is 3. The largest absolute Gasteiger partial charge is 0.497 e. The molecule has 2 aliphatic heterocycles. The lowest BCUT2D eigenvalue weighted by Crippen LogP contribution is -2.60. The normalized spacial score (nSPS) is 29.2. The zero-order chi connectivity index (χ0) is 42.4. The predicted octanol–water partition coefficient (Wildman–Crippen LogP) is 4.92. The predicted molar refractivity (Wildman–Crippen MR) is 204 cm³/mol. The second-order valence-electron chi connectivity index (χ2n) is 17.1. The third-order valence-electron chi connectivity index (χ3n) is 12.3. The van der Waals surface area contributed by atoms with Crippen LogP contribution >= 0.6 is 0 Å². The SMILES string of the molecule is CC[C@@H]1C[C@H](C)CCCC[C@@H]2C[C@@]2(C(=O)NS(=O)(=O)C2(C)CC2)NC(=O)[C@@H]2C[C@@H](Oc3cnc4ccc(OC)cc4n3)CN2C(=O)[C@H]1NC(=O)OC(C)(C)C(F)(F)F. The summed E-state index contributed by atoms with van der Waals surface area (Å²) in [5.41, 5.74) is -3.44. The van der Waals surface area contributed by atoms with Gasteiger partial charge >= 0.3 is 12.3 Å². The molecule has 1 aromatic heterocycles. The number of alkyl carbamates (subject to hydrolysis) is 1. The molecule has 320 valence electrons. The maximum Gasteiger partial charge on any atom is 0.427 e. The number of aromatic nitrogens is 2. The van der Waals surface area contributed by atoms with Gasteiger partial charge in [0.1, 0.15) is 29.5 Å². The zero-order valence-electron chi connectivity index (χ0n) is 33.6. The summed E-state index contributed by atoms with van der Waals surface area (Å²) in [7, 11) is -2.55. The van der Waals surface area contributed by atoms with E-state index in [4.69, 9.17) is 14.2 Å². The van der Waals surface area contributed by atoms with E-state index in [9.17, 15) is 40.8 Å².